The van der Waals surface area contributed by atoms with E-state index in [4.69, 9.17) is 9.84 Å². The largest absolute Gasteiger partial charge is 0.481 e. The molecule has 0 spiro atoms. The molecule has 1 N–H and O–H groups in total. The van der Waals surface area contributed by atoms with Gasteiger partial charge in [0.2, 0.25) is 0 Å². The van der Waals surface area contributed by atoms with E-state index < -0.39 is 5.97 Å². The van der Waals surface area contributed by atoms with Crippen LogP contribution in [0.4, 0.5) is 0 Å². The van der Waals surface area contributed by atoms with Gasteiger partial charge in [-0.25, -0.2) is 0 Å². The number of ether oxygens (including phenoxy) is 1. The van der Waals surface area contributed by atoms with Crippen molar-refractivity contribution in [2.45, 2.75) is 38.2 Å². The number of carboxylic acids is 1. The van der Waals surface area contributed by atoms with Gasteiger partial charge in [-0.3, -0.25) is 4.79 Å². The van der Waals surface area contributed by atoms with Crippen molar-refractivity contribution in [1.29, 1.82) is 0 Å². The van der Waals surface area contributed by atoms with Crippen LogP contribution in [0, 0.1) is 5.92 Å². The van der Waals surface area contributed by atoms with E-state index in [0.717, 1.165) is 13.0 Å². The van der Waals surface area contributed by atoms with Crippen molar-refractivity contribution < 1.29 is 14.6 Å². The summed E-state index contributed by atoms with van der Waals surface area (Å²) in [6.45, 7) is 1.43. The Balaban J connectivity index is 1.95. The van der Waals surface area contributed by atoms with Crippen LogP contribution in [-0.2, 0) is 22.6 Å². The second kappa shape index (κ2) is 4.73. The average molecular weight is 246 g/mol. The molecular weight excluding hydrogens is 228 g/mol. The van der Waals surface area contributed by atoms with Gasteiger partial charge in [0.15, 0.2) is 0 Å². The average Bonchev–Trinajstić information content (AvgIpc) is 3.19. The first kappa shape index (κ1) is 11.7. The number of aliphatic carboxylic acids is 1. The van der Waals surface area contributed by atoms with Crippen molar-refractivity contribution in [3.05, 3.63) is 34.9 Å². The first-order valence-electron chi connectivity index (χ1n) is 6.66. The molecule has 1 heterocycles. The Bertz CT molecular complexity index is 463. The minimum atomic E-state index is -0.684. The Labute approximate surface area is 107 Å². The predicted octanol–water partition coefficient (Wildman–Crippen LogP) is 2.73. The van der Waals surface area contributed by atoms with Crippen LogP contribution in [0.5, 0.6) is 0 Å². The third kappa shape index (κ3) is 2.27. The molecule has 0 radical (unpaired) electrons. The quantitative estimate of drug-likeness (QED) is 0.888. The van der Waals surface area contributed by atoms with E-state index in [-0.39, 0.29) is 12.3 Å². The van der Waals surface area contributed by atoms with Crippen LogP contribution < -0.4 is 0 Å². The first-order chi connectivity index (χ1) is 8.75. The molecule has 1 fully saturated rings. The minimum Gasteiger partial charge on any atom is -0.481 e. The molecule has 0 saturated heterocycles. The summed E-state index contributed by atoms with van der Waals surface area (Å²) in [5.41, 5.74) is 3.86. The third-order valence-corrected chi connectivity index (χ3v) is 4.05. The van der Waals surface area contributed by atoms with Crippen LogP contribution in [0.3, 0.4) is 0 Å². The highest BCUT2D eigenvalue weighted by Crippen LogP contribution is 2.46. The highest BCUT2D eigenvalue weighted by Gasteiger charge is 2.35. The van der Waals surface area contributed by atoms with Crippen molar-refractivity contribution in [2.75, 3.05) is 6.61 Å². The van der Waals surface area contributed by atoms with Crippen LogP contribution in [0.25, 0.3) is 0 Å². The van der Waals surface area contributed by atoms with E-state index in [1.54, 1.807) is 0 Å². The van der Waals surface area contributed by atoms with Crippen molar-refractivity contribution in [2.24, 2.45) is 5.92 Å². The maximum absolute atomic E-state index is 11.1. The number of hydrogen-bond acceptors (Lipinski definition) is 2. The highest BCUT2D eigenvalue weighted by molar-refractivity contribution is 5.68. The fraction of sp³-hybridized carbons (Fsp3) is 0.533. The Kier molecular flexibility index (Phi) is 3.08. The Hall–Kier alpha value is -1.35. The summed E-state index contributed by atoms with van der Waals surface area (Å²) in [4.78, 5) is 11.1. The van der Waals surface area contributed by atoms with Gasteiger partial charge in [0.05, 0.1) is 19.6 Å². The van der Waals surface area contributed by atoms with Gasteiger partial charge >= 0.3 is 5.97 Å². The summed E-state index contributed by atoms with van der Waals surface area (Å²) in [5, 5.41) is 9.10. The predicted molar refractivity (Wildman–Crippen MR) is 67.5 cm³/mol. The van der Waals surface area contributed by atoms with E-state index in [1.807, 2.05) is 6.07 Å². The van der Waals surface area contributed by atoms with E-state index >= 15 is 0 Å². The number of carbonyl (C=O) groups is 1. The van der Waals surface area contributed by atoms with Gasteiger partial charge in [-0.1, -0.05) is 18.2 Å². The van der Waals surface area contributed by atoms with Gasteiger partial charge in [0.1, 0.15) is 0 Å². The summed E-state index contributed by atoms with van der Waals surface area (Å²) in [6.07, 6.45) is 3.55. The Morgan fingerprint density at radius 1 is 1.44 bits per heavy atom. The monoisotopic (exact) mass is 246 g/mol. The molecule has 3 nitrogen and oxygen atoms in total. The summed E-state index contributed by atoms with van der Waals surface area (Å²) in [5.74, 6) is 0.0996. The number of hydrogen-bond donors (Lipinski definition) is 1. The maximum Gasteiger partial charge on any atom is 0.303 e. The van der Waals surface area contributed by atoms with Crippen LogP contribution in [0.2, 0.25) is 0 Å². The fourth-order valence-electron chi connectivity index (χ4n) is 3.02. The zero-order valence-corrected chi connectivity index (χ0v) is 10.4. The van der Waals surface area contributed by atoms with Gasteiger partial charge in [-0.15, -0.1) is 0 Å². The standard InChI is InChI=1S/C15H18O3/c16-15(17)8-14(10-4-5-10)13-3-1-2-11-9-18-7-6-12(11)13/h1-3,10,14H,4-9H2,(H,16,17). The van der Waals surface area contributed by atoms with Gasteiger partial charge in [-0.2, -0.15) is 0 Å². The van der Waals surface area contributed by atoms with Gasteiger partial charge in [0.25, 0.3) is 0 Å². The molecular formula is C15H18O3. The molecule has 0 bridgehead atoms. The lowest BCUT2D eigenvalue weighted by Crippen LogP contribution is -2.16. The first-order valence-corrected chi connectivity index (χ1v) is 6.66. The van der Waals surface area contributed by atoms with Crippen molar-refractivity contribution >= 4 is 5.97 Å². The molecule has 1 aliphatic carbocycles. The van der Waals surface area contributed by atoms with E-state index in [0.29, 0.717) is 12.5 Å². The minimum absolute atomic E-state index is 0.204. The second-order valence-corrected chi connectivity index (χ2v) is 5.33. The van der Waals surface area contributed by atoms with Crippen LogP contribution >= 0.6 is 0 Å². The topological polar surface area (TPSA) is 46.5 Å². The molecule has 1 aromatic carbocycles. The number of rotatable bonds is 4. The van der Waals surface area contributed by atoms with Gasteiger partial charge in [-0.05, 0) is 47.8 Å². The fourth-order valence-corrected chi connectivity index (χ4v) is 3.02. The van der Waals surface area contributed by atoms with E-state index in [2.05, 4.69) is 12.1 Å². The molecule has 0 aromatic heterocycles. The van der Waals surface area contributed by atoms with Crippen LogP contribution in [0.1, 0.15) is 41.9 Å². The van der Waals surface area contributed by atoms with Crippen molar-refractivity contribution in [3.8, 4) is 0 Å². The highest BCUT2D eigenvalue weighted by atomic mass is 16.5. The summed E-state index contributed by atoms with van der Waals surface area (Å²) >= 11 is 0. The molecule has 2 aliphatic rings. The molecule has 1 aliphatic heterocycles. The van der Waals surface area contributed by atoms with E-state index in [1.165, 1.54) is 29.5 Å². The number of fused-ring (bicyclic) bond motifs is 1. The lowest BCUT2D eigenvalue weighted by molar-refractivity contribution is -0.137. The third-order valence-electron chi connectivity index (χ3n) is 4.05. The number of carboxylic acid groups (broad SMARTS) is 1. The molecule has 1 saturated carbocycles. The normalized spacial score (nSPS) is 20.2. The molecule has 3 rings (SSSR count). The van der Waals surface area contributed by atoms with Crippen LogP contribution in [-0.4, -0.2) is 17.7 Å². The molecule has 1 unspecified atom stereocenters. The number of benzene rings is 1. The molecule has 1 aromatic rings. The second-order valence-electron chi connectivity index (χ2n) is 5.33. The lowest BCUT2D eigenvalue weighted by atomic mass is 9.84. The summed E-state index contributed by atoms with van der Waals surface area (Å²) < 4.78 is 5.47. The molecule has 18 heavy (non-hydrogen) atoms. The molecule has 3 heteroatoms. The molecule has 96 valence electrons. The maximum atomic E-state index is 11.1. The zero-order valence-electron chi connectivity index (χ0n) is 10.4. The summed E-state index contributed by atoms with van der Waals surface area (Å²) in [6, 6.07) is 6.26. The van der Waals surface area contributed by atoms with E-state index in [9.17, 15) is 4.79 Å². The molecule has 0 amide bonds. The van der Waals surface area contributed by atoms with Gasteiger partial charge < -0.3 is 9.84 Å². The Morgan fingerprint density at radius 3 is 3.00 bits per heavy atom. The Morgan fingerprint density at radius 2 is 2.28 bits per heavy atom. The van der Waals surface area contributed by atoms with Crippen molar-refractivity contribution in [1.82, 2.24) is 0 Å². The van der Waals surface area contributed by atoms with Crippen molar-refractivity contribution in [3.63, 3.8) is 0 Å². The lowest BCUT2D eigenvalue weighted by Gasteiger charge is -2.24. The zero-order chi connectivity index (χ0) is 12.5. The summed E-state index contributed by atoms with van der Waals surface area (Å²) in [7, 11) is 0. The van der Waals surface area contributed by atoms with Crippen LogP contribution in [0.15, 0.2) is 18.2 Å². The molecule has 1 atom stereocenters. The van der Waals surface area contributed by atoms with Gasteiger partial charge in [0, 0.05) is 0 Å². The smallest absolute Gasteiger partial charge is 0.303 e. The SMILES string of the molecule is O=C(O)CC(c1cccc2c1CCOC2)C1CC1.